The van der Waals surface area contributed by atoms with E-state index >= 15 is 0 Å². The predicted octanol–water partition coefficient (Wildman–Crippen LogP) is -0.0700. The van der Waals surface area contributed by atoms with Gasteiger partial charge in [-0.25, -0.2) is 9.38 Å². The van der Waals surface area contributed by atoms with Crippen molar-refractivity contribution in [1.29, 1.82) is 0 Å². The van der Waals surface area contributed by atoms with E-state index in [4.69, 9.17) is 17.2 Å². The van der Waals surface area contributed by atoms with Crippen LogP contribution >= 0.6 is 0 Å². The summed E-state index contributed by atoms with van der Waals surface area (Å²) in [5.74, 6) is -1.09. The van der Waals surface area contributed by atoms with Crippen molar-refractivity contribution in [2.75, 3.05) is 5.32 Å². The highest BCUT2D eigenvalue weighted by Gasteiger charge is 2.19. The van der Waals surface area contributed by atoms with E-state index in [9.17, 15) is 9.18 Å². The number of guanidine groups is 2. The number of hydrogen-bond acceptors (Lipinski definition) is 2. The Hall–Kier alpha value is -2.64. The SMILES string of the molecule is NC(N)=NC(N)=Nc1cc(F)cc2c1NC(=O)CC2. The number of nitrogens with one attached hydrogen (secondary N) is 1. The lowest BCUT2D eigenvalue weighted by Gasteiger charge is -2.18. The molecule has 1 amide bonds. The smallest absolute Gasteiger partial charge is 0.224 e. The van der Waals surface area contributed by atoms with Crippen LogP contribution in [-0.4, -0.2) is 17.8 Å². The average Bonchev–Trinajstić information content (AvgIpc) is 2.28. The van der Waals surface area contributed by atoms with Crippen molar-refractivity contribution in [3.63, 3.8) is 0 Å². The number of amides is 1. The lowest BCUT2D eigenvalue weighted by atomic mass is 10.0. The highest BCUT2D eigenvalue weighted by atomic mass is 19.1. The zero-order valence-corrected chi connectivity index (χ0v) is 9.98. The summed E-state index contributed by atoms with van der Waals surface area (Å²) in [5.41, 5.74) is 17.1. The molecule has 0 atom stereocenters. The zero-order chi connectivity index (χ0) is 14.0. The molecule has 0 fully saturated rings. The number of anilines is 1. The molecule has 19 heavy (non-hydrogen) atoms. The van der Waals surface area contributed by atoms with Gasteiger partial charge in [-0.2, -0.15) is 4.99 Å². The Bertz CT molecular complexity index is 591. The van der Waals surface area contributed by atoms with Gasteiger partial charge in [-0.15, -0.1) is 0 Å². The molecule has 7 N–H and O–H groups in total. The van der Waals surface area contributed by atoms with Crippen LogP contribution in [0.15, 0.2) is 22.1 Å². The number of carbonyl (C=O) groups is 1. The van der Waals surface area contributed by atoms with E-state index in [-0.39, 0.29) is 23.5 Å². The Morgan fingerprint density at radius 3 is 2.68 bits per heavy atom. The summed E-state index contributed by atoms with van der Waals surface area (Å²) in [4.78, 5) is 18.8. The van der Waals surface area contributed by atoms with E-state index in [1.165, 1.54) is 6.07 Å². The Morgan fingerprint density at radius 1 is 1.26 bits per heavy atom. The third-order valence-corrected chi connectivity index (χ3v) is 2.53. The van der Waals surface area contributed by atoms with Crippen LogP contribution in [0.3, 0.4) is 0 Å². The van der Waals surface area contributed by atoms with Crippen LogP contribution in [0.1, 0.15) is 12.0 Å². The highest BCUT2D eigenvalue weighted by molar-refractivity contribution is 5.99. The molecule has 0 saturated carbocycles. The maximum Gasteiger partial charge on any atom is 0.224 e. The summed E-state index contributed by atoms with van der Waals surface area (Å²) in [7, 11) is 0. The number of rotatable bonds is 1. The van der Waals surface area contributed by atoms with Gasteiger partial charge in [-0.3, -0.25) is 4.79 Å². The van der Waals surface area contributed by atoms with Crippen LogP contribution in [0.25, 0.3) is 0 Å². The fraction of sp³-hybridized carbons (Fsp3) is 0.182. The molecule has 0 radical (unpaired) electrons. The Balaban J connectivity index is 2.48. The van der Waals surface area contributed by atoms with Gasteiger partial charge in [0.1, 0.15) is 5.82 Å². The monoisotopic (exact) mass is 264 g/mol. The first-order valence-corrected chi connectivity index (χ1v) is 5.52. The molecule has 0 unspecified atom stereocenters. The topological polar surface area (TPSA) is 132 Å². The Morgan fingerprint density at radius 2 is 2.00 bits per heavy atom. The molecule has 1 aromatic carbocycles. The molecule has 0 bridgehead atoms. The first-order chi connectivity index (χ1) is 8.95. The molecule has 100 valence electrons. The molecule has 1 heterocycles. The van der Waals surface area contributed by atoms with Crippen LogP contribution in [-0.2, 0) is 11.2 Å². The molecule has 2 rings (SSSR count). The van der Waals surface area contributed by atoms with Gasteiger partial charge in [0.2, 0.25) is 11.9 Å². The molecular formula is C11H13FN6O. The van der Waals surface area contributed by atoms with Crippen molar-refractivity contribution in [3.8, 4) is 0 Å². The van der Waals surface area contributed by atoms with E-state index in [1.54, 1.807) is 0 Å². The van der Waals surface area contributed by atoms with Gasteiger partial charge in [0.25, 0.3) is 0 Å². The number of benzene rings is 1. The first kappa shape index (κ1) is 12.8. The van der Waals surface area contributed by atoms with Crippen LogP contribution in [0.4, 0.5) is 15.8 Å². The van der Waals surface area contributed by atoms with Gasteiger partial charge in [-0.1, -0.05) is 0 Å². The largest absolute Gasteiger partial charge is 0.370 e. The first-order valence-electron chi connectivity index (χ1n) is 5.52. The lowest BCUT2D eigenvalue weighted by molar-refractivity contribution is -0.116. The van der Waals surface area contributed by atoms with Gasteiger partial charge in [0.05, 0.1) is 11.4 Å². The minimum atomic E-state index is -0.467. The second-order valence-electron chi connectivity index (χ2n) is 4.01. The van der Waals surface area contributed by atoms with Crippen LogP contribution in [0, 0.1) is 5.82 Å². The molecule has 1 aromatic rings. The van der Waals surface area contributed by atoms with E-state index in [2.05, 4.69) is 15.3 Å². The molecule has 8 heteroatoms. The summed E-state index contributed by atoms with van der Waals surface area (Å²) in [6, 6.07) is 2.50. The second-order valence-corrected chi connectivity index (χ2v) is 4.01. The number of hydrogen-bond donors (Lipinski definition) is 4. The quantitative estimate of drug-likeness (QED) is 0.417. The number of nitrogens with two attached hydrogens (primary N) is 3. The molecule has 1 aliphatic heterocycles. The number of carbonyl (C=O) groups excluding carboxylic acids is 1. The van der Waals surface area contributed by atoms with Crippen molar-refractivity contribution < 1.29 is 9.18 Å². The van der Waals surface area contributed by atoms with Gasteiger partial charge in [0.15, 0.2) is 5.96 Å². The number of halogens is 1. The maximum atomic E-state index is 13.5. The summed E-state index contributed by atoms with van der Waals surface area (Å²) in [6.07, 6.45) is 0.757. The number of aliphatic imine (C=N–C) groups is 2. The number of nitrogens with zero attached hydrogens (tertiary/aromatic N) is 2. The molecule has 7 nitrogen and oxygen atoms in total. The molecule has 1 aliphatic rings. The fourth-order valence-corrected chi connectivity index (χ4v) is 1.81. The minimum absolute atomic E-state index is 0.157. The highest BCUT2D eigenvalue weighted by Crippen LogP contribution is 2.33. The Labute approximate surface area is 108 Å². The third-order valence-electron chi connectivity index (χ3n) is 2.53. The van der Waals surface area contributed by atoms with Crippen molar-refractivity contribution in [2.24, 2.45) is 27.2 Å². The van der Waals surface area contributed by atoms with Gasteiger partial charge >= 0.3 is 0 Å². The molecule has 0 spiro atoms. The summed E-state index contributed by atoms with van der Waals surface area (Å²) in [5, 5.41) is 2.64. The normalized spacial score (nSPS) is 14.6. The average molecular weight is 264 g/mol. The Kier molecular flexibility index (Phi) is 3.32. The predicted molar refractivity (Wildman–Crippen MR) is 70.4 cm³/mol. The zero-order valence-electron chi connectivity index (χ0n) is 9.98. The van der Waals surface area contributed by atoms with Crippen molar-refractivity contribution in [1.82, 2.24) is 0 Å². The van der Waals surface area contributed by atoms with Crippen LogP contribution in [0.2, 0.25) is 0 Å². The number of aryl methyl sites for hydroxylation is 1. The maximum absolute atomic E-state index is 13.5. The van der Waals surface area contributed by atoms with E-state index in [0.717, 1.165) is 6.07 Å². The van der Waals surface area contributed by atoms with Crippen LogP contribution in [0.5, 0.6) is 0 Å². The number of fused-ring (bicyclic) bond motifs is 1. The molecular weight excluding hydrogens is 251 g/mol. The minimum Gasteiger partial charge on any atom is -0.370 e. The molecule has 0 saturated heterocycles. The van der Waals surface area contributed by atoms with E-state index < -0.39 is 5.82 Å². The third kappa shape index (κ3) is 2.97. The van der Waals surface area contributed by atoms with E-state index in [0.29, 0.717) is 24.1 Å². The van der Waals surface area contributed by atoms with Crippen LogP contribution < -0.4 is 22.5 Å². The van der Waals surface area contributed by atoms with Gasteiger partial charge in [0, 0.05) is 12.5 Å². The second kappa shape index (κ2) is 4.92. The van der Waals surface area contributed by atoms with Gasteiger partial charge in [-0.05, 0) is 18.1 Å². The van der Waals surface area contributed by atoms with Crippen molar-refractivity contribution in [3.05, 3.63) is 23.5 Å². The van der Waals surface area contributed by atoms with Crippen molar-refractivity contribution in [2.45, 2.75) is 12.8 Å². The van der Waals surface area contributed by atoms with E-state index in [1.807, 2.05) is 0 Å². The summed E-state index contributed by atoms with van der Waals surface area (Å²) in [6.45, 7) is 0. The molecule has 0 aliphatic carbocycles. The van der Waals surface area contributed by atoms with Gasteiger partial charge < -0.3 is 22.5 Å². The summed E-state index contributed by atoms with van der Waals surface area (Å²) < 4.78 is 13.5. The fourth-order valence-electron chi connectivity index (χ4n) is 1.81. The summed E-state index contributed by atoms with van der Waals surface area (Å²) >= 11 is 0. The lowest BCUT2D eigenvalue weighted by Crippen LogP contribution is -2.26. The molecule has 0 aromatic heterocycles. The standard InChI is InChI=1S/C11H13FN6O/c12-6-3-5-1-2-8(19)17-9(5)7(4-6)16-11(15)18-10(13)14/h3-4H,1-2H2,(H,17,19)(H6,13,14,15,16,18). The van der Waals surface area contributed by atoms with Crippen molar-refractivity contribution >= 4 is 29.2 Å².